The minimum Gasteiger partial charge on any atom is -0.326 e. The number of amides is 5. The van der Waals surface area contributed by atoms with Crippen molar-refractivity contribution in [2.24, 2.45) is 0 Å². The highest BCUT2D eigenvalue weighted by atomic mass is 16.2. The van der Waals surface area contributed by atoms with Crippen LogP contribution in [0.25, 0.3) is 0 Å². The van der Waals surface area contributed by atoms with Gasteiger partial charge in [0.15, 0.2) is 0 Å². The van der Waals surface area contributed by atoms with Gasteiger partial charge in [0.2, 0.25) is 0 Å². The number of likely N-dealkylation sites (N-methyl/N-ethyl adjacent to an activating group) is 2. The lowest BCUT2D eigenvalue weighted by Crippen LogP contribution is -2.39. The lowest BCUT2D eigenvalue weighted by Gasteiger charge is -2.11. The normalized spacial score (nSPS) is 22.0. The zero-order valence-electron chi connectivity index (χ0n) is 10.5. The fourth-order valence-corrected chi connectivity index (χ4v) is 1.41. The summed E-state index contributed by atoms with van der Waals surface area (Å²) in [6, 6.07) is -0.282. The van der Waals surface area contributed by atoms with E-state index in [1.54, 1.807) is 23.6 Å². The monoisotopic (exact) mass is 242 g/mol. The number of nitrogens with one attached hydrogen (secondary N) is 2. The Morgan fingerprint density at radius 2 is 1.53 bits per heavy atom. The smallest absolute Gasteiger partial charge is 0.322 e. The van der Waals surface area contributed by atoms with E-state index in [1.807, 2.05) is 14.1 Å². The quantitative estimate of drug-likeness (QED) is 0.566. The van der Waals surface area contributed by atoms with Crippen LogP contribution >= 0.6 is 0 Å². The molecule has 0 bridgehead atoms. The standard InChI is InChI=1S/C5H8N2O2.C5H10N2O/c1-5(2)3(8)6-4(9)7-5;1-6-3-4-7(2)5(6)8/h1-2H3,(H2,6,7,8,9);3-4H2,1-2H3. The maximum Gasteiger partial charge on any atom is 0.322 e. The summed E-state index contributed by atoms with van der Waals surface area (Å²) in [6.07, 6.45) is 0. The van der Waals surface area contributed by atoms with Crippen molar-refractivity contribution in [3.63, 3.8) is 0 Å². The van der Waals surface area contributed by atoms with Crippen molar-refractivity contribution in [1.29, 1.82) is 0 Å². The lowest BCUT2D eigenvalue weighted by atomic mass is 10.1. The van der Waals surface area contributed by atoms with Crippen molar-refractivity contribution in [1.82, 2.24) is 20.4 Å². The number of urea groups is 2. The van der Waals surface area contributed by atoms with Gasteiger partial charge in [-0.1, -0.05) is 0 Å². The van der Waals surface area contributed by atoms with Crippen molar-refractivity contribution < 1.29 is 14.4 Å². The molecule has 7 nitrogen and oxygen atoms in total. The summed E-state index contributed by atoms with van der Waals surface area (Å²) >= 11 is 0. The van der Waals surface area contributed by atoms with Gasteiger partial charge in [-0.3, -0.25) is 10.1 Å². The molecule has 0 saturated carbocycles. The molecule has 0 aromatic heterocycles. The summed E-state index contributed by atoms with van der Waals surface area (Å²) in [6.45, 7) is 5.03. The molecule has 5 amide bonds. The third-order valence-corrected chi connectivity index (χ3v) is 2.64. The Morgan fingerprint density at radius 3 is 1.65 bits per heavy atom. The summed E-state index contributed by atoms with van der Waals surface area (Å²) in [4.78, 5) is 35.3. The Labute approximate surface area is 100 Å². The Balaban J connectivity index is 0.000000171. The zero-order valence-corrected chi connectivity index (χ0v) is 10.5. The van der Waals surface area contributed by atoms with Crippen LogP contribution in [-0.2, 0) is 4.79 Å². The van der Waals surface area contributed by atoms with Gasteiger partial charge in [0.1, 0.15) is 5.54 Å². The minimum atomic E-state index is -0.725. The van der Waals surface area contributed by atoms with Crippen molar-refractivity contribution in [3.05, 3.63) is 0 Å². The van der Waals surface area contributed by atoms with Crippen LogP contribution in [0.3, 0.4) is 0 Å². The maximum absolute atomic E-state index is 10.8. The van der Waals surface area contributed by atoms with E-state index in [2.05, 4.69) is 10.6 Å². The minimum absolute atomic E-state index is 0.130. The number of imide groups is 1. The largest absolute Gasteiger partial charge is 0.326 e. The molecule has 2 rings (SSSR count). The van der Waals surface area contributed by atoms with E-state index in [-0.39, 0.29) is 11.9 Å². The Hall–Kier alpha value is -1.79. The van der Waals surface area contributed by atoms with Crippen LogP contribution in [0.15, 0.2) is 0 Å². The molecule has 2 aliphatic heterocycles. The SMILES string of the molecule is CC1(C)NC(=O)NC1=O.CN1CCN(C)C1=O. The molecule has 0 atom stereocenters. The van der Waals surface area contributed by atoms with Gasteiger partial charge in [-0.2, -0.15) is 0 Å². The molecule has 7 heteroatoms. The van der Waals surface area contributed by atoms with E-state index in [4.69, 9.17) is 0 Å². The van der Waals surface area contributed by atoms with Gasteiger partial charge in [-0.15, -0.1) is 0 Å². The molecular weight excluding hydrogens is 224 g/mol. The molecule has 96 valence electrons. The van der Waals surface area contributed by atoms with Crippen LogP contribution in [0.2, 0.25) is 0 Å². The van der Waals surface area contributed by atoms with Gasteiger partial charge in [0.05, 0.1) is 0 Å². The Kier molecular flexibility index (Phi) is 3.59. The number of hydrogen-bond donors (Lipinski definition) is 2. The molecule has 0 aromatic carbocycles. The molecule has 2 saturated heterocycles. The van der Waals surface area contributed by atoms with Crippen molar-refractivity contribution >= 4 is 18.0 Å². The van der Waals surface area contributed by atoms with E-state index in [1.165, 1.54) is 0 Å². The van der Waals surface area contributed by atoms with Crippen LogP contribution in [-0.4, -0.2) is 60.5 Å². The van der Waals surface area contributed by atoms with Gasteiger partial charge < -0.3 is 15.1 Å². The van der Waals surface area contributed by atoms with Gasteiger partial charge in [-0.25, -0.2) is 9.59 Å². The van der Waals surface area contributed by atoms with Crippen LogP contribution < -0.4 is 10.6 Å². The molecule has 2 aliphatic rings. The maximum atomic E-state index is 10.8. The highest BCUT2D eigenvalue weighted by Gasteiger charge is 2.36. The molecule has 0 aliphatic carbocycles. The predicted octanol–water partition coefficient (Wildman–Crippen LogP) is -0.412. The second kappa shape index (κ2) is 4.60. The van der Waals surface area contributed by atoms with Gasteiger partial charge in [0.25, 0.3) is 5.91 Å². The van der Waals surface area contributed by atoms with E-state index in [9.17, 15) is 14.4 Å². The Morgan fingerprint density at radius 1 is 1.06 bits per heavy atom. The van der Waals surface area contributed by atoms with Crippen LogP contribution in [0.1, 0.15) is 13.8 Å². The molecule has 0 spiro atoms. The molecule has 0 unspecified atom stereocenters. The molecule has 0 aromatic rings. The average molecular weight is 242 g/mol. The third-order valence-electron chi connectivity index (χ3n) is 2.64. The van der Waals surface area contributed by atoms with Crippen molar-refractivity contribution in [2.45, 2.75) is 19.4 Å². The molecule has 0 radical (unpaired) electrons. The van der Waals surface area contributed by atoms with E-state index >= 15 is 0 Å². The molecule has 17 heavy (non-hydrogen) atoms. The second-order valence-electron chi connectivity index (χ2n) is 4.66. The summed E-state index contributed by atoms with van der Waals surface area (Å²) in [5, 5.41) is 4.56. The lowest BCUT2D eigenvalue weighted by molar-refractivity contribution is -0.122. The van der Waals surface area contributed by atoms with E-state index < -0.39 is 11.6 Å². The molecule has 2 fully saturated rings. The highest BCUT2D eigenvalue weighted by Crippen LogP contribution is 2.06. The average Bonchev–Trinajstić information content (AvgIpc) is 2.61. The summed E-state index contributed by atoms with van der Waals surface area (Å²) in [5.74, 6) is -0.271. The molecule has 2 heterocycles. The summed E-state index contributed by atoms with van der Waals surface area (Å²) < 4.78 is 0. The predicted molar refractivity (Wildman–Crippen MR) is 61.4 cm³/mol. The Bertz CT molecular complexity index is 341. The topological polar surface area (TPSA) is 81.8 Å². The van der Waals surface area contributed by atoms with Gasteiger partial charge >= 0.3 is 12.1 Å². The first kappa shape index (κ1) is 13.3. The first-order valence-electron chi connectivity index (χ1n) is 5.34. The van der Waals surface area contributed by atoms with Gasteiger partial charge in [-0.05, 0) is 13.8 Å². The zero-order chi connectivity index (χ0) is 13.2. The first-order valence-corrected chi connectivity index (χ1v) is 5.34. The number of nitrogens with zero attached hydrogens (tertiary/aromatic N) is 2. The highest BCUT2D eigenvalue weighted by molar-refractivity contribution is 6.06. The van der Waals surface area contributed by atoms with Crippen LogP contribution in [0.5, 0.6) is 0 Å². The van der Waals surface area contributed by atoms with E-state index in [0.29, 0.717) is 0 Å². The van der Waals surface area contributed by atoms with Crippen molar-refractivity contribution in [2.75, 3.05) is 27.2 Å². The summed E-state index contributed by atoms with van der Waals surface area (Å²) in [7, 11) is 3.62. The number of carbonyl (C=O) groups is 3. The number of hydrogen-bond acceptors (Lipinski definition) is 3. The third kappa shape index (κ3) is 3.08. The van der Waals surface area contributed by atoms with Crippen molar-refractivity contribution in [3.8, 4) is 0 Å². The van der Waals surface area contributed by atoms with Crippen LogP contribution in [0, 0.1) is 0 Å². The fourth-order valence-electron chi connectivity index (χ4n) is 1.41. The van der Waals surface area contributed by atoms with E-state index in [0.717, 1.165) is 13.1 Å². The molecule has 2 N–H and O–H groups in total. The second-order valence-corrected chi connectivity index (χ2v) is 4.66. The number of rotatable bonds is 0. The van der Waals surface area contributed by atoms with Crippen LogP contribution in [0.4, 0.5) is 9.59 Å². The summed E-state index contributed by atoms with van der Waals surface area (Å²) in [5.41, 5.74) is -0.725. The first-order chi connectivity index (χ1) is 7.74. The number of carbonyl (C=O) groups excluding carboxylic acids is 3. The fraction of sp³-hybridized carbons (Fsp3) is 0.700. The molecular formula is C10H18N4O3. The van der Waals surface area contributed by atoms with Gasteiger partial charge in [0, 0.05) is 27.2 Å².